The molecular formula is C21H24O5. The molecule has 0 spiro atoms. The minimum atomic E-state index is -0.809. The molecule has 0 amide bonds. The molecule has 0 unspecified atom stereocenters. The Morgan fingerprint density at radius 3 is 2.31 bits per heavy atom. The van der Waals surface area contributed by atoms with Gasteiger partial charge in [-0.2, -0.15) is 0 Å². The highest BCUT2D eigenvalue weighted by atomic mass is 16.8. The maximum atomic E-state index is 12.6. The van der Waals surface area contributed by atoms with E-state index >= 15 is 0 Å². The van der Waals surface area contributed by atoms with E-state index < -0.39 is 24.0 Å². The van der Waals surface area contributed by atoms with Crippen molar-refractivity contribution in [2.75, 3.05) is 6.61 Å². The molecule has 1 heterocycles. The lowest BCUT2D eigenvalue weighted by Gasteiger charge is -2.27. The smallest absolute Gasteiger partial charge is 0.338 e. The fraction of sp³-hybridized carbons (Fsp3) is 0.381. The van der Waals surface area contributed by atoms with Crippen LogP contribution in [0.3, 0.4) is 0 Å². The molecule has 0 aromatic heterocycles. The van der Waals surface area contributed by atoms with Crippen LogP contribution >= 0.6 is 0 Å². The average Bonchev–Trinajstić information content (AvgIpc) is 2.95. The second-order valence-electron chi connectivity index (χ2n) is 6.75. The van der Waals surface area contributed by atoms with Crippen LogP contribution in [0, 0.1) is 0 Å². The quantitative estimate of drug-likeness (QED) is 0.803. The number of rotatable bonds is 6. The van der Waals surface area contributed by atoms with Gasteiger partial charge < -0.3 is 19.3 Å². The summed E-state index contributed by atoms with van der Waals surface area (Å²) in [7, 11) is 0. The number of carbonyl (C=O) groups is 1. The van der Waals surface area contributed by atoms with Crippen LogP contribution in [0.2, 0.25) is 0 Å². The van der Waals surface area contributed by atoms with Crippen molar-refractivity contribution in [3.63, 3.8) is 0 Å². The van der Waals surface area contributed by atoms with Gasteiger partial charge in [-0.1, -0.05) is 48.5 Å². The van der Waals surface area contributed by atoms with Crippen molar-refractivity contribution in [2.24, 2.45) is 0 Å². The largest absolute Gasteiger partial charge is 0.451 e. The Morgan fingerprint density at radius 1 is 1.08 bits per heavy atom. The second-order valence-corrected chi connectivity index (χ2v) is 6.75. The van der Waals surface area contributed by atoms with Gasteiger partial charge in [0.1, 0.15) is 6.10 Å². The third kappa shape index (κ3) is 4.30. The van der Waals surface area contributed by atoms with Crippen LogP contribution in [0.4, 0.5) is 0 Å². The summed E-state index contributed by atoms with van der Waals surface area (Å²) in [6.45, 7) is 3.60. The van der Waals surface area contributed by atoms with Crippen molar-refractivity contribution in [1.29, 1.82) is 0 Å². The van der Waals surface area contributed by atoms with Crippen molar-refractivity contribution in [2.45, 2.75) is 44.4 Å². The molecule has 0 bridgehead atoms. The highest BCUT2D eigenvalue weighted by molar-refractivity contribution is 5.89. The van der Waals surface area contributed by atoms with Crippen LogP contribution in [0.1, 0.15) is 42.3 Å². The molecule has 1 N–H and O–H groups in total. The van der Waals surface area contributed by atoms with E-state index in [4.69, 9.17) is 14.2 Å². The lowest BCUT2D eigenvalue weighted by Crippen LogP contribution is -2.33. The lowest BCUT2D eigenvalue weighted by molar-refractivity contribution is -0.156. The summed E-state index contributed by atoms with van der Waals surface area (Å²) in [5, 5.41) is 9.38. The third-order valence-electron chi connectivity index (χ3n) is 4.31. The van der Waals surface area contributed by atoms with E-state index in [-0.39, 0.29) is 12.7 Å². The van der Waals surface area contributed by atoms with Crippen LogP contribution in [-0.4, -0.2) is 35.7 Å². The first-order valence-electron chi connectivity index (χ1n) is 8.77. The Kier molecular flexibility index (Phi) is 5.71. The van der Waals surface area contributed by atoms with Crippen LogP contribution in [0.15, 0.2) is 60.7 Å². The molecule has 138 valence electrons. The van der Waals surface area contributed by atoms with E-state index in [1.165, 1.54) is 0 Å². The van der Waals surface area contributed by atoms with E-state index in [1.54, 1.807) is 24.3 Å². The molecule has 2 aromatic rings. The van der Waals surface area contributed by atoms with Crippen molar-refractivity contribution in [3.05, 3.63) is 71.8 Å². The summed E-state index contributed by atoms with van der Waals surface area (Å²) in [5.41, 5.74) is 1.30. The van der Waals surface area contributed by atoms with E-state index in [9.17, 15) is 9.90 Å². The number of benzene rings is 2. The molecule has 1 saturated heterocycles. The van der Waals surface area contributed by atoms with Crippen molar-refractivity contribution >= 4 is 5.97 Å². The first kappa shape index (κ1) is 18.6. The Labute approximate surface area is 153 Å². The third-order valence-corrected chi connectivity index (χ3v) is 4.31. The Bertz CT molecular complexity index is 714. The molecule has 0 aliphatic carbocycles. The summed E-state index contributed by atoms with van der Waals surface area (Å²) in [6.07, 6.45) is -1.11. The summed E-state index contributed by atoms with van der Waals surface area (Å²) < 4.78 is 17.8. The highest BCUT2D eigenvalue weighted by Gasteiger charge is 2.46. The van der Waals surface area contributed by atoms with Gasteiger partial charge in [0.2, 0.25) is 0 Å². The molecule has 1 aliphatic rings. The molecule has 0 radical (unpaired) electrons. The van der Waals surface area contributed by atoms with Gasteiger partial charge in [-0.15, -0.1) is 0 Å². The molecule has 1 fully saturated rings. The molecule has 1 aliphatic heterocycles. The number of esters is 1. The Morgan fingerprint density at radius 2 is 1.69 bits per heavy atom. The maximum absolute atomic E-state index is 12.6. The van der Waals surface area contributed by atoms with E-state index in [1.807, 2.05) is 50.2 Å². The number of aliphatic hydroxyl groups excluding tert-OH is 1. The topological polar surface area (TPSA) is 65.0 Å². The fourth-order valence-corrected chi connectivity index (χ4v) is 3.20. The van der Waals surface area contributed by atoms with E-state index in [0.717, 1.165) is 5.56 Å². The van der Waals surface area contributed by atoms with Gasteiger partial charge in [-0.05, 0) is 38.0 Å². The second kappa shape index (κ2) is 7.99. The molecule has 5 nitrogen and oxygen atoms in total. The number of ether oxygens (including phenoxy) is 3. The summed E-state index contributed by atoms with van der Waals surface area (Å²) >= 11 is 0. The zero-order valence-corrected chi connectivity index (χ0v) is 15.0. The molecular weight excluding hydrogens is 332 g/mol. The van der Waals surface area contributed by atoms with Gasteiger partial charge in [0, 0.05) is 6.61 Å². The molecule has 2 aromatic carbocycles. The SMILES string of the molecule is CC1(C)O[C@H]([C@H](OC(=O)c2ccccc2)c2ccccc2)[C@@H](CCO)O1. The highest BCUT2D eigenvalue weighted by Crippen LogP contribution is 2.38. The molecule has 3 rings (SSSR count). The first-order chi connectivity index (χ1) is 12.5. The standard InChI is InChI=1S/C21H24O5/c1-21(2)25-17(13-14-22)19(26-21)18(15-9-5-3-6-10-15)24-20(23)16-11-7-4-8-12-16/h3-12,17-19,22H,13-14H2,1-2H3/t17-,18-,19+/m1/s1. The van der Waals surface area contributed by atoms with E-state index in [0.29, 0.717) is 12.0 Å². The summed E-state index contributed by atoms with van der Waals surface area (Å²) in [5.74, 6) is -1.23. The van der Waals surface area contributed by atoms with Gasteiger partial charge in [0.25, 0.3) is 0 Å². The number of aliphatic hydroxyl groups is 1. The summed E-state index contributed by atoms with van der Waals surface area (Å²) in [4.78, 5) is 12.6. The summed E-state index contributed by atoms with van der Waals surface area (Å²) in [6, 6.07) is 18.3. The minimum Gasteiger partial charge on any atom is -0.451 e. The van der Waals surface area contributed by atoms with Crippen LogP contribution < -0.4 is 0 Å². The normalized spacial score (nSPS) is 22.7. The van der Waals surface area contributed by atoms with Gasteiger partial charge in [-0.25, -0.2) is 4.79 Å². The number of carbonyl (C=O) groups excluding carboxylic acids is 1. The zero-order chi connectivity index (χ0) is 18.6. The fourth-order valence-electron chi connectivity index (χ4n) is 3.20. The molecule has 26 heavy (non-hydrogen) atoms. The first-order valence-corrected chi connectivity index (χ1v) is 8.77. The van der Waals surface area contributed by atoms with Crippen molar-refractivity contribution in [1.82, 2.24) is 0 Å². The van der Waals surface area contributed by atoms with Crippen LogP contribution in [-0.2, 0) is 14.2 Å². The average molecular weight is 356 g/mol. The van der Waals surface area contributed by atoms with Crippen LogP contribution in [0.25, 0.3) is 0 Å². The predicted octanol–water partition coefficient (Wildman–Crippen LogP) is 3.49. The molecule has 3 atom stereocenters. The lowest BCUT2D eigenvalue weighted by atomic mass is 9.98. The van der Waals surface area contributed by atoms with Crippen LogP contribution in [0.5, 0.6) is 0 Å². The minimum absolute atomic E-state index is 0.0330. The number of hydrogen-bond donors (Lipinski definition) is 1. The Balaban J connectivity index is 1.90. The van der Waals surface area contributed by atoms with Gasteiger partial charge in [0.05, 0.1) is 11.7 Å². The van der Waals surface area contributed by atoms with Crippen molar-refractivity contribution in [3.8, 4) is 0 Å². The monoisotopic (exact) mass is 356 g/mol. The molecule has 0 saturated carbocycles. The zero-order valence-electron chi connectivity index (χ0n) is 15.0. The maximum Gasteiger partial charge on any atom is 0.338 e. The van der Waals surface area contributed by atoms with Crippen molar-refractivity contribution < 1.29 is 24.1 Å². The van der Waals surface area contributed by atoms with Gasteiger partial charge >= 0.3 is 5.97 Å². The van der Waals surface area contributed by atoms with Gasteiger partial charge in [-0.3, -0.25) is 0 Å². The van der Waals surface area contributed by atoms with Gasteiger partial charge in [0.15, 0.2) is 11.9 Å². The number of hydrogen-bond acceptors (Lipinski definition) is 5. The molecule has 5 heteroatoms. The Hall–Kier alpha value is -2.21. The predicted molar refractivity (Wildman–Crippen MR) is 96.6 cm³/mol. The van der Waals surface area contributed by atoms with E-state index in [2.05, 4.69) is 0 Å².